The second-order valence-corrected chi connectivity index (χ2v) is 14.2. The van der Waals surface area contributed by atoms with Gasteiger partial charge in [-0.25, -0.2) is 14.8 Å². The number of ether oxygens (including phenoxy) is 2. The van der Waals surface area contributed by atoms with Gasteiger partial charge in [0, 0.05) is 55.0 Å². The number of aliphatic hydroxyl groups excluding tert-OH is 2. The molecule has 2 saturated carbocycles. The van der Waals surface area contributed by atoms with Gasteiger partial charge < -0.3 is 35.0 Å². The molecule has 1 amide bonds. The number of phenols is 1. The summed E-state index contributed by atoms with van der Waals surface area (Å²) in [6.07, 6.45) is 9.81. The molecule has 5 aliphatic rings. The van der Waals surface area contributed by atoms with E-state index in [1.165, 1.54) is 0 Å². The van der Waals surface area contributed by atoms with Crippen LogP contribution < -0.4 is 15.5 Å². The molecule has 3 heterocycles. The molecule has 1 saturated heterocycles. The van der Waals surface area contributed by atoms with Crippen LogP contribution in [-0.2, 0) is 19.1 Å². The Morgan fingerprint density at radius 2 is 2.04 bits per heavy atom. The zero-order chi connectivity index (χ0) is 33.7. The lowest BCUT2D eigenvalue weighted by Crippen LogP contribution is -2.67. The minimum Gasteiger partial charge on any atom is -0.507 e. The van der Waals surface area contributed by atoms with Crippen molar-refractivity contribution in [3.63, 3.8) is 0 Å². The number of aliphatic imine (C=N–C) groups is 2. The Bertz CT molecular complexity index is 1590. The number of phenolic OH excluding ortho intramolecular Hbond substituents is 1. The molecule has 3 fully saturated rings. The summed E-state index contributed by atoms with van der Waals surface area (Å²) in [6, 6.07) is 4.40. The van der Waals surface area contributed by atoms with Crippen LogP contribution in [0.5, 0.6) is 5.75 Å². The zero-order valence-electron chi connectivity index (χ0n) is 27.6. The lowest BCUT2D eigenvalue weighted by molar-refractivity contribution is -0.174. The number of anilines is 1. The molecule has 12 nitrogen and oxygen atoms in total. The van der Waals surface area contributed by atoms with Crippen LogP contribution in [0.3, 0.4) is 0 Å². The number of carbonyl (C=O) groups is 2. The molecule has 0 bridgehead atoms. The summed E-state index contributed by atoms with van der Waals surface area (Å²) in [5.74, 6) is -0.442. The zero-order valence-corrected chi connectivity index (χ0v) is 27.6. The number of allylic oxidation sites excluding steroid dienone is 1. The molecule has 2 aliphatic carbocycles. The van der Waals surface area contributed by atoms with Gasteiger partial charge in [-0.1, -0.05) is 26.0 Å². The summed E-state index contributed by atoms with van der Waals surface area (Å²) in [7, 11) is 3.77. The number of fused-ring (bicyclic) bond motifs is 1. The molecule has 6 rings (SSSR count). The van der Waals surface area contributed by atoms with E-state index in [0.717, 1.165) is 5.69 Å². The maximum Gasteiger partial charge on any atom is 0.343 e. The first-order chi connectivity index (χ1) is 22.3. The van der Waals surface area contributed by atoms with Crippen LogP contribution in [0.2, 0.25) is 0 Å². The van der Waals surface area contributed by atoms with Crippen molar-refractivity contribution in [3.8, 4) is 5.75 Å². The molecular weight excluding hydrogens is 602 g/mol. The molecule has 0 aromatic heterocycles. The number of rotatable bonds is 8. The fourth-order valence-corrected chi connectivity index (χ4v) is 8.17. The number of benzene rings is 1. The van der Waals surface area contributed by atoms with E-state index in [0.29, 0.717) is 49.3 Å². The maximum absolute atomic E-state index is 13.1. The van der Waals surface area contributed by atoms with Gasteiger partial charge in [-0.2, -0.15) is 0 Å². The minimum absolute atomic E-state index is 0.0722. The standard InChI is InChI=1S/C35H45N5O7/c1-20(30(44)39-32-36-12-13-37-32)38-28-17-27-33(2,11-10-29(43)34(27,3)18-41)26(35(28)19-46-35)9-7-22-15-24(47-31(22)45)14-21-6-8-23(40(4)5)16-25(21)42/h6-9,12,14-16,20,26-29,38,41-43H,10-11,13,17-19H2,1-5H3,(H,37,39,44)/b9-7+,24-14+/t20?,26?,27?,28?,29-,33-,34+,35?/m1/s1. The highest BCUT2D eigenvalue weighted by molar-refractivity contribution is 6.04. The van der Waals surface area contributed by atoms with Crippen molar-refractivity contribution in [1.29, 1.82) is 0 Å². The first kappa shape index (κ1) is 33.1. The molecule has 0 radical (unpaired) electrons. The van der Waals surface area contributed by atoms with Gasteiger partial charge in [-0.15, -0.1) is 0 Å². The topological polar surface area (TPSA) is 169 Å². The highest BCUT2D eigenvalue weighted by Gasteiger charge is 2.70. The van der Waals surface area contributed by atoms with E-state index in [9.17, 15) is 24.9 Å². The molecule has 5 N–H and O–H groups in total. The van der Waals surface area contributed by atoms with E-state index in [1.54, 1.807) is 43.5 Å². The van der Waals surface area contributed by atoms with Crippen molar-refractivity contribution < 1.29 is 34.4 Å². The average Bonchev–Trinajstić information content (AvgIpc) is 3.48. The number of hydrogen-bond acceptors (Lipinski definition) is 11. The lowest BCUT2D eigenvalue weighted by atomic mass is 9.44. The number of cyclic esters (lactones) is 1. The fraction of sp³-hybridized carbons (Fsp3) is 0.543. The first-order valence-electron chi connectivity index (χ1n) is 16.2. The fourth-order valence-electron chi connectivity index (χ4n) is 8.17. The van der Waals surface area contributed by atoms with E-state index in [-0.39, 0.29) is 47.5 Å². The Kier molecular flexibility index (Phi) is 8.67. The van der Waals surface area contributed by atoms with Crippen molar-refractivity contribution in [2.45, 2.75) is 63.8 Å². The van der Waals surface area contributed by atoms with Gasteiger partial charge in [0.25, 0.3) is 0 Å². The Balaban J connectivity index is 1.30. The maximum atomic E-state index is 13.1. The van der Waals surface area contributed by atoms with Gasteiger partial charge in [0.05, 0.1) is 37.5 Å². The predicted octanol–water partition coefficient (Wildman–Crippen LogP) is 2.31. The lowest BCUT2D eigenvalue weighted by Gasteiger charge is -2.62. The number of nitrogens with zero attached hydrogens (tertiary/aromatic N) is 3. The summed E-state index contributed by atoms with van der Waals surface area (Å²) in [4.78, 5) is 36.2. The number of carbonyl (C=O) groups excluding carboxylic acids is 2. The van der Waals surface area contributed by atoms with Crippen molar-refractivity contribution in [3.05, 3.63) is 53.3 Å². The van der Waals surface area contributed by atoms with Crippen LogP contribution in [-0.4, -0.2) is 97.0 Å². The molecule has 5 unspecified atom stereocenters. The summed E-state index contributed by atoms with van der Waals surface area (Å²) >= 11 is 0. The van der Waals surface area contributed by atoms with Crippen molar-refractivity contribution in [2.24, 2.45) is 32.7 Å². The number of hydrogen-bond donors (Lipinski definition) is 5. The second-order valence-electron chi connectivity index (χ2n) is 14.2. The van der Waals surface area contributed by atoms with E-state index >= 15 is 0 Å². The first-order valence-corrected chi connectivity index (χ1v) is 16.2. The number of epoxide rings is 1. The van der Waals surface area contributed by atoms with E-state index in [1.807, 2.05) is 38.1 Å². The summed E-state index contributed by atoms with van der Waals surface area (Å²) in [5.41, 5.74) is -0.0912. The normalized spacial score (nSPS) is 35.9. The smallest absolute Gasteiger partial charge is 0.343 e. The summed E-state index contributed by atoms with van der Waals surface area (Å²) in [5, 5.41) is 38.6. The molecule has 12 heteroatoms. The number of guanidine groups is 1. The third-order valence-corrected chi connectivity index (χ3v) is 11.1. The summed E-state index contributed by atoms with van der Waals surface area (Å²) < 4.78 is 11.9. The SMILES string of the molecule is CC(NC1CC2[C@](C)(CC[C@@H](O)[C@@]2(C)CO)C(/C=C/C2=CC(=C\c3ccc(N(C)C)cc3O)/OC2=O)C12CO2)C(=O)NC1=NCC=N1. The molecule has 252 valence electrons. The van der Waals surface area contributed by atoms with Gasteiger partial charge >= 0.3 is 5.97 Å². The van der Waals surface area contributed by atoms with Crippen LogP contribution in [0.15, 0.2) is 57.7 Å². The largest absolute Gasteiger partial charge is 0.507 e. The number of nitrogens with one attached hydrogen (secondary N) is 2. The average molecular weight is 648 g/mol. The molecule has 1 spiro atoms. The van der Waals surface area contributed by atoms with Crippen LogP contribution >= 0.6 is 0 Å². The van der Waals surface area contributed by atoms with Crippen LogP contribution in [0.4, 0.5) is 5.69 Å². The molecule has 1 aromatic rings. The van der Waals surface area contributed by atoms with Gasteiger partial charge in [-0.05, 0) is 61.8 Å². The van der Waals surface area contributed by atoms with Crippen LogP contribution in [0.25, 0.3) is 6.08 Å². The number of aliphatic hydroxyl groups is 2. The third kappa shape index (κ3) is 5.92. The number of amides is 1. The Morgan fingerprint density at radius 1 is 1.28 bits per heavy atom. The van der Waals surface area contributed by atoms with Gasteiger partial charge in [-0.3, -0.25) is 10.1 Å². The van der Waals surface area contributed by atoms with Crippen LogP contribution in [0, 0.1) is 22.7 Å². The Morgan fingerprint density at radius 3 is 2.68 bits per heavy atom. The van der Waals surface area contributed by atoms with Crippen LogP contribution in [0.1, 0.15) is 45.6 Å². The molecule has 1 aromatic carbocycles. The van der Waals surface area contributed by atoms with Crippen molar-refractivity contribution >= 4 is 35.8 Å². The van der Waals surface area contributed by atoms with Gasteiger partial charge in [0.2, 0.25) is 11.9 Å². The molecular formula is C35H45N5O7. The molecule has 47 heavy (non-hydrogen) atoms. The minimum atomic E-state index is -0.778. The van der Waals surface area contributed by atoms with Gasteiger partial charge in [0.15, 0.2) is 0 Å². The van der Waals surface area contributed by atoms with Gasteiger partial charge in [0.1, 0.15) is 17.1 Å². The predicted molar refractivity (Wildman–Crippen MR) is 178 cm³/mol. The van der Waals surface area contributed by atoms with E-state index in [4.69, 9.17) is 9.47 Å². The molecule has 8 atom stereocenters. The summed E-state index contributed by atoms with van der Waals surface area (Å²) in [6.45, 7) is 6.61. The number of aromatic hydroxyl groups is 1. The molecule has 3 aliphatic heterocycles. The highest BCUT2D eigenvalue weighted by Crippen LogP contribution is 2.65. The van der Waals surface area contributed by atoms with E-state index in [2.05, 4.69) is 27.5 Å². The monoisotopic (exact) mass is 647 g/mol. The quantitative estimate of drug-likeness (QED) is 0.210. The van der Waals surface area contributed by atoms with Crippen molar-refractivity contribution in [2.75, 3.05) is 38.8 Å². The third-order valence-electron chi connectivity index (χ3n) is 11.1. The number of esters is 1. The Hall–Kier alpha value is -3.84. The Labute approximate surface area is 274 Å². The van der Waals surface area contributed by atoms with Crippen molar-refractivity contribution in [1.82, 2.24) is 10.6 Å². The highest BCUT2D eigenvalue weighted by atomic mass is 16.6. The van der Waals surface area contributed by atoms with E-state index < -0.39 is 29.1 Å². The second kappa shape index (κ2) is 12.3.